The molecule has 1 amide bonds. The highest BCUT2D eigenvalue weighted by molar-refractivity contribution is 5.96. The molecular weight excluding hydrogens is 513 g/mol. The van der Waals surface area contributed by atoms with Gasteiger partial charge in [-0.15, -0.1) is 0 Å². The third-order valence-corrected chi connectivity index (χ3v) is 6.91. The predicted octanol–water partition coefficient (Wildman–Crippen LogP) is 4.48. The van der Waals surface area contributed by atoms with Crippen LogP contribution in [0, 0.1) is 12.7 Å². The summed E-state index contributed by atoms with van der Waals surface area (Å²) in [7, 11) is 1.63. The maximum absolute atomic E-state index is 14.4. The number of carbonyl (C=O) groups is 1. The average Bonchev–Trinajstić information content (AvgIpc) is 3.64. The number of hydrogen-bond acceptors (Lipinski definition) is 6. The minimum absolute atomic E-state index is 0.192. The predicted molar refractivity (Wildman–Crippen MR) is 147 cm³/mol. The molecule has 11 heteroatoms. The second kappa shape index (κ2) is 9.45. The minimum atomic E-state index is -0.840. The topological polar surface area (TPSA) is 127 Å². The van der Waals surface area contributed by atoms with Gasteiger partial charge in [-0.25, -0.2) is 18.4 Å². The highest BCUT2D eigenvalue weighted by atomic mass is 19.1. The Labute approximate surface area is 227 Å². The first-order valence-electron chi connectivity index (χ1n) is 12.5. The monoisotopic (exact) mass is 537 g/mol. The van der Waals surface area contributed by atoms with Gasteiger partial charge in [-0.3, -0.25) is 9.78 Å². The minimum Gasteiger partial charge on any atom is -0.366 e. The molecule has 0 saturated heterocycles. The van der Waals surface area contributed by atoms with Gasteiger partial charge in [0.15, 0.2) is 5.76 Å². The van der Waals surface area contributed by atoms with E-state index in [1.807, 2.05) is 37.3 Å². The van der Waals surface area contributed by atoms with Crippen LogP contribution in [0.25, 0.3) is 50.6 Å². The van der Waals surface area contributed by atoms with Crippen molar-refractivity contribution in [3.05, 3.63) is 94.5 Å². The second-order valence-electron chi connectivity index (χ2n) is 9.34. The molecule has 0 aliphatic rings. The van der Waals surface area contributed by atoms with Crippen LogP contribution in [0.15, 0.2) is 76.2 Å². The molecule has 0 atom stereocenters. The van der Waals surface area contributed by atoms with Crippen LogP contribution in [0.5, 0.6) is 0 Å². The molecule has 0 saturated carbocycles. The molecule has 0 spiro atoms. The summed E-state index contributed by atoms with van der Waals surface area (Å²) >= 11 is 0. The third-order valence-electron chi connectivity index (χ3n) is 6.91. The van der Waals surface area contributed by atoms with Gasteiger partial charge < -0.3 is 14.8 Å². The lowest BCUT2D eigenvalue weighted by Gasteiger charge is -2.10. The van der Waals surface area contributed by atoms with Gasteiger partial charge in [0.1, 0.15) is 23.0 Å². The Morgan fingerprint density at radius 2 is 1.80 bits per heavy atom. The summed E-state index contributed by atoms with van der Waals surface area (Å²) in [6, 6.07) is 17.5. The summed E-state index contributed by atoms with van der Waals surface area (Å²) in [5.74, 6) is -0.542. The molecule has 0 bridgehead atoms. The Bertz CT molecular complexity index is 1980. The van der Waals surface area contributed by atoms with E-state index in [0.717, 1.165) is 27.8 Å². The quantitative estimate of drug-likeness (QED) is 0.334. The zero-order valence-electron chi connectivity index (χ0n) is 21.9. The van der Waals surface area contributed by atoms with Crippen molar-refractivity contribution in [1.29, 1.82) is 0 Å². The van der Waals surface area contributed by atoms with Crippen molar-refractivity contribution < 1.29 is 13.7 Å². The van der Waals surface area contributed by atoms with Gasteiger partial charge in [-0.2, -0.15) is 5.10 Å². The summed E-state index contributed by atoms with van der Waals surface area (Å²) in [6.45, 7) is 4.49. The molecule has 0 unspecified atom stereocenters. The molecule has 6 aromatic rings. The molecular formula is C29H24FN7O3. The van der Waals surface area contributed by atoms with E-state index in [-0.39, 0.29) is 11.3 Å². The Hall–Kier alpha value is -5.32. The van der Waals surface area contributed by atoms with Crippen LogP contribution >= 0.6 is 0 Å². The van der Waals surface area contributed by atoms with Gasteiger partial charge in [0.05, 0.1) is 16.8 Å². The lowest BCUT2D eigenvalue weighted by atomic mass is 10.1. The van der Waals surface area contributed by atoms with Gasteiger partial charge in [-0.05, 0) is 55.8 Å². The molecule has 0 aliphatic heterocycles. The van der Waals surface area contributed by atoms with Gasteiger partial charge >= 0.3 is 5.69 Å². The lowest BCUT2D eigenvalue weighted by Crippen LogP contribution is -2.21. The largest absolute Gasteiger partial charge is 0.366 e. The van der Waals surface area contributed by atoms with Crippen LogP contribution in [0.4, 0.5) is 4.39 Å². The van der Waals surface area contributed by atoms with Crippen molar-refractivity contribution in [2.75, 3.05) is 0 Å². The van der Waals surface area contributed by atoms with E-state index < -0.39 is 11.7 Å². The number of pyridine rings is 1. The molecule has 0 fully saturated rings. The van der Waals surface area contributed by atoms with Gasteiger partial charge in [-0.1, -0.05) is 23.4 Å². The fourth-order valence-electron chi connectivity index (χ4n) is 5.03. The first-order valence-corrected chi connectivity index (χ1v) is 12.5. The van der Waals surface area contributed by atoms with Crippen molar-refractivity contribution in [2.24, 2.45) is 12.8 Å². The van der Waals surface area contributed by atoms with Crippen LogP contribution in [-0.4, -0.2) is 35.0 Å². The molecule has 200 valence electrons. The van der Waals surface area contributed by atoms with E-state index in [2.05, 4.69) is 25.9 Å². The molecule has 2 N–H and O–H groups in total. The van der Waals surface area contributed by atoms with E-state index in [9.17, 15) is 14.0 Å². The van der Waals surface area contributed by atoms with Gasteiger partial charge in [0.2, 0.25) is 0 Å². The average molecular weight is 538 g/mol. The zero-order valence-corrected chi connectivity index (χ0v) is 21.9. The number of nitrogens with zero attached hydrogens (tertiary/aromatic N) is 6. The highest BCUT2D eigenvalue weighted by Gasteiger charge is 2.20. The number of hydrogen-bond donors (Lipinski definition) is 1. The number of primary amides is 1. The van der Waals surface area contributed by atoms with Crippen molar-refractivity contribution in [1.82, 2.24) is 29.1 Å². The van der Waals surface area contributed by atoms with Crippen molar-refractivity contribution >= 4 is 16.8 Å². The fourth-order valence-corrected chi connectivity index (χ4v) is 5.03. The molecule has 6 rings (SSSR count). The van der Waals surface area contributed by atoms with Gasteiger partial charge in [0, 0.05) is 42.5 Å². The van der Waals surface area contributed by atoms with Crippen molar-refractivity contribution in [2.45, 2.75) is 20.4 Å². The van der Waals surface area contributed by atoms with Crippen LogP contribution < -0.4 is 11.4 Å². The molecule has 4 aromatic heterocycles. The number of amides is 1. The SMILES string of the molecule is CCn1c(-c2ccc(-n3c(C)nn(C)c3=O)cc2)cc2ccnc(-c3cc(-c4ccc(C(N)=O)c(F)c4)no3)c21. The number of aromatic nitrogens is 6. The normalized spacial score (nSPS) is 11.4. The maximum atomic E-state index is 14.4. The van der Waals surface area contributed by atoms with Crippen LogP contribution in [0.1, 0.15) is 23.1 Å². The number of benzene rings is 2. The van der Waals surface area contributed by atoms with Crippen molar-refractivity contribution in [3.8, 4) is 39.7 Å². The Balaban J connectivity index is 1.41. The van der Waals surface area contributed by atoms with E-state index in [1.54, 1.807) is 36.9 Å². The lowest BCUT2D eigenvalue weighted by molar-refractivity contribution is 0.0996. The third kappa shape index (κ3) is 3.99. The summed E-state index contributed by atoms with van der Waals surface area (Å²) < 4.78 is 25.0. The number of halogens is 1. The Kier molecular flexibility index (Phi) is 5.91. The van der Waals surface area contributed by atoms with E-state index in [1.165, 1.54) is 16.8 Å². The molecule has 10 nitrogen and oxygen atoms in total. The summed E-state index contributed by atoms with van der Waals surface area (Å²) in [5.41, 5.74) is 9.78. The van der Waals surface area contributed by atoms with Crippen LogP contribution in [0.2, 0.25) is 0 Å². The van der Waals surface area contributed by atoms with E-state index in [4.69, 9.17) is 10.3 Å². The van der Waals surface area contributed by atoms with Crippen LogP contribution in [-0.2, 0) is 13.6 Å². The molecule has 4 heterocycles. The number of rotatable bonds is 6. The Morgan fingerprint density at radius 3 is 2.45 bits per heavy atom. The summed E-state index contributed by atoms with van der Waals surface area (Å²) in [5, 5.41) is 9.28. The number of nitrogens with two attached hydrogens (primary N) is 1. The molecule has 0 aliphatic carbocycles. The molecule has 2 aromatic carbocycles. The van der Waals surface area contributed by atoms with E-state index in [0.29, 0.717) is 35.1 Å². The van der Waals surface area contributed by atoms with Crippen molar-refractivity contribution in [3.63, 3.8) is 0 Å². The first kappa shape index (κ1) is 25.0. The standard InChI is InChI=1S/C29H24FN7O3/c1-4-36-24(17-5-8-20(9-6-17)37-16(2)33-35(3)29(37)39)14-19-11-12-32-26(27(19)36)25-15-23(34-40-25)18-7-10-21(28(31)38)22(30)13-18/h5-15H,4H2,1-3H3,(H2,31,38). The Morgan fingerprint density at radius 1 is 1.05 bits per heavy atom. The smallest absolute Gasteiger partial charge is 0.350 e. The summed E-state index contributed by atoms with van der Waals surface area (Å²) in [6.07, 6.45) is 1.70. The second-order valence-corrected chi connectivity index (χ2v) is 9.34. The van der Waals surface area contributed by atoms with Gasteiger partial charge in [0.25, 0.3) is 5.91 Å². The molecule has 40 heavy (non-hydrogen) atoms. The number of aryl methyl sites for hydroxylation is 3. The first-order chi connectivity index (χ1) is 19.3. The maximum Gasteiger partial charge on any atom is 0.350 e. The van der Waals surface area contributed by atoms with E-state index >= 15 is 0 Å². The number of carbonyl (C=O) groups excluding carboxylic acids is 1. The zero-order chi connectivity index (χ0) is 28.1. The van der Waals surface area contributed by atoms with Crippen LogP contribution in [0.3, 0.4) is 0 Å². The number of fused-ring (bicyclic) bond motifs is 1. The fraction of sp³-hybridized carbons (Fsp3) is 0.138. The molecule has 0 radical (unpaired) electrons. The summed E-state index contributed by atoms with van der Waals surface area (Å²) in [4.78, 5) is 28.5. The highest BCUT2D eigenvalue weighted by Crippen LogP contribution is 2.35.